The summed E-state index contributed by atoms with van der Waals surface area (Å²) in [5.41, 5.74) is 15.8. The molecule has 0 heterocycles. The first-order valence-electron chi connectivity index (χ1n) is 17.7. The fraction of sp³-hybridized carbons (Fsp3) is 0.625. The van der Waals surface area contributed by atoms with Crippen LogP contribution in [0, 0.1) is 52.3 Å². The van der Waals surface area contributed by atoms with Gasteiger partial charge in [0.15, 0.2) is 0 Å². The molecule has 2 aromatic carbocycles. The number of benzene rings is 2. The van der Waals surface area contributed by atoms with Crippen molar-refractivity contribution in [1.29, 1.82) is 0 Å². The number of rotatable bonds is 8. The fourth-order valence-corrected chi connectivity index (χ4v) is 10.7. The van der Waals surface area contributed by atoms with Crippen molar-refractivity contribution < 1.29 is 14.3 Å². The van der Waals surface area contributed by atoms with Crippen LogP contribution in [-0.4, -0.2) is 12.1 Å². The second-order valence-electron chi connectivity index (χ2n) is 16.0. The molecule has 0 radical (unpaired) electrons. The summed E-state index contributed by atoms with van der Waals surface area (Å²) in [6.45, 7) is 13.0. The molecule has 0 amide bonds. The molecule has 4 saturated carbocycles. The summed E-state index contributed by atoms with van der Waals surface area (Å²) in [6.07, 6.45) is 15.0. The molecular weight excluding hydrogens is 556 g/mol. The van der Waals surface area contributed by atoms with E-state index in [1.165, 1.54) is 44.9 Å². The van der Waals surface area contributed by atoms with Gasteiger partial charge in [-0.3, -0.25) is 0 Å². The minimum Gasteiger partial charge on any atom is -0.489 e. The van der Waals surface area contributed by atoms with Crippen molar-refractivity contribution in [2.75, 3.05) is 11.5 Å². The summed E-state index contributed by atoms with van der Waals surface area (Å²) in [5, 5.41) is 0. The summed E-state index contributed by atoms with van der Waals surface area (Å²) in [7, 11) is 0. The number of hydrogen-bond acceptors (Lipinski definition) is 5. The van der Waals surface area contributed by atoms with Gasteiger partial charge in [0, 0.05) is 17.5 Å². The zero-order valence-corrected chi connectivity index (χ0v) is 28.3. The molecule has 244 valence electrons. The molecule has 4 fully saturated rings. The molecule has 5 nitrogen and oxygen atoms in total. The molecule has 0 saturated heterocycles. The number of hydrogen-bond donors (Lipinski definition) is 2. The van der Waals surface area contributed by atoms with Crippen LogP contribution >= 0.6 is 0 Å². The van der Waals surface area contributed by atoms with Crippen molar-refractivity contribution in [2.24, 2.45) is 52.3 Å². The number of nitrogens with two attached hydrogens (primary N) is 2. The second-order valence-corrected chi connectivity index (χ2v) is 16.0. The van der Waals surface area contributed by atoms with E-state index in [1.54, 1.807) is 12.1 Å². The normalized spacial score (nSPS) is 35.0. The third-order valence-electron chi connectivity index (χ3n) is 13.4. The molecule has 9 unspecified atom stereocenters. The maximum atomic E-state index is 12.9. The lowest BCUT2D eigenvalue weighted by Gasteiger charge is -2.61. The number of carbonyl (C=O) groups is 1. The Morgan fingerprint density at radius 3 is 2.29 bits per heavy atom. The minimum absolute atomic E-state index is 0.0326. The Morgan fingerprint density at radius 1 is 0.889 bits per heavy atom. The summed E-state index contributed by atoms with van der Waals surface area (Å²) < 4.78 is 11.9. The van der Waals surface area contributed by atoms with E-state index >= 15 is 0 Å². The van der Waals surface area contributed by atoms with Gasteiger partial charge < -0.3 is 20.9 Å². The number of anilines is 2. The third-order valence-corrected chi connectivity index (χ3v) is 13.4. The van der Waals surface area contributed by atoms with Crippen molar-refractivity contribution in [1.82, 2.24) is 0 Å². The van der Waals surface area contributed by atoms with Crippen LogP contribution in [0.4, 0.5) is 11.4 Å². The molecule has 2 aromatic rings. The lowest BCUT2D eigenvalue weighted by molar-refractivity contribution is -0.158. The Labute approximate surface area is 271 Å². The monoisotopic (exact) mass is 612 g/mol. The largest absolute Gasteiger partial charge is 0.489 e. The van der Waals surface area contributed by atoms with E-state index in [0.717, 1.165) is 65.2 Å². The van der Waals surface area contributed by atoms with Gasteiger partial charge in [0.25, 0.3) is 0 Å². The van der Waals surface area contributed by atoms with E-state index in [2.05, 4.69) is 34.6 Å². The first-order chi connectivity index (χ1) is 21.5. The summed E-state index contributed by atoms with van der Waals surface area (Å²) in [5.74, 6) is 6.31. The van der Waals surface area contributed by atoms with Crippen LogP contribution in [0.3, 0.4) is 0 Å². The molecule has 0 aliphatic heterocycles. The summed E-state index contributed by atoms with van der Waals surface area (Å²) in [6, 6.07) is 13.2. The Hall–Kier alpha value is -2.95. The maximum absolute atomic E-state index is 12.9. The van der Waals surface area contributed by atoms with Crippen LogP contribution in [0.25, 0.3) is 6.08 Å². The second kappa shape index (κ2) is 12.7. The summed E-state index contributed by atoms with van der Waals surface area (Å²) in [4.78, 5) is 12.9. The smallest absolute Gasteiger partial charge is 0.331 e. The number of esters is 1. The standard InChI is InChI=1S/C40H56N2O3/c1-25(2)26(3)35-13-14-36-34-12-9-29-22-33(16-18-39(29,4)37(34)17-19-40(35,36)5)45-38(43)15-8-27-6-10-32(11-7-27)44-24-28-20-30(41)23-31(42)21-28/h6-8,10-11,15,20-21,23,25-26,29,33-37H,9,12-14,16-19,22,24,41-42H2,1-5H3/b15-8+. The first kappa shape index (κ1) is 32.0. The van der Waals surface area contributed by atoms with Gasteiger partial charge in [-0.25, -0.2) is 4.79 Å². The van der Waals surface area contributed by atoms with Crippen LogP contribution in [-0.2, 0) is 16.1 Å². The molecule has 0 bridgehead atoms. The van der Waals surface area contributed by atoms with Crippen LogP contribution in [0.5, 0.6) is 5.75 Å². The van der Waals surface area contributed by atoms with Crippen molar-refractivity contribution in [3.63, 3.8) is 0 Å². The molecule has 4 aliphatic carbocycles. The highest BCUT2D eigenvalue weighted by Crippen LogP contribution is 2.68. The van der Waals surface area contributed by atoms with Gasteiger partial charge in [0.2, 0.25) is 0 Å². The van der Waals surface area contributed by atoms with Crippen molar-refractivity contribution in [2.45, 2.75) is 105 Å². The quantitative estimate of drug-likeness (QED) is 0.176. The van der Waals surface area contributed by atoms with E-state index < -0.39 is 0 Å². The average Bonchev–Trinajstić information content (AvgIpc) is 3.36. The number of ether oxygens (including phenoxy) is 2. The Balaban J connectivity index is 1.00. The molecule has 45 heavy (non-hydrogen) atoms. The van der Waals surface area contributed by atoms with E-state index in [-0.39, 0.29) is 12.1 Å². The summed E-state index contributed by atoms with van der Waals surface area (Å²) >= 11 is 0. The van der Waals surface area contributed by atoms with E-state index in [9.17, 15) is 4.79 Å². The van der Waals surface area contributed by atoms with Crippen molar-refractivity contribution >= 4 is 23.4 Å². The third kappa shape index (κ3) is 6.38. The predicted molar refractivity (Wildman–Crippen MR) is 184 cm³/mol. The fourth-order valence-electron chi connectivity index (χ4n) is 10.7. The maximum Gasteiger partial charge on any atom is 0.331 e. The molecule has 9 atom stereocenters. The molecule has 6 rings (SSSR count). The van der Waals surface area contributed by atoms with Crippen molar-refractivity contribution in [3.8, 4) is 5.75 Å². The molecule has 4 N–H and O–H groups in total. The van der Waals surface area contributed by atoms with Gasteiger partial charge in [-0.05, 0) is 158 Å². The average molecular weight is 613 g/mol. The topological polar surface area (TPSA) is 87.6 Å². The van der Waals surface area contributed by atoms with Gasteiger partial charge in [-0.1, -0.05) is 46.8 Å². The lowest BCUT2D eigenvalue weighted by Crippen LogP contribution is -2.54. The Bertz CT molecular complexity index is 1360. The lowest BCUT2D eigenvalue weighted by atomic mass is 9.44. The van der Waals surface area contributed by atoms with E-state index in [1.807, 2.05) is 42.5 Å². The highest BCUT2D eigenvalue weighted by atomic mass is 16.5. The zero-order valence-electron chi connectivity index (χ0n) is 28.3. The number of carbonyl (C=O) groups excluding carboxylic acids is 1. The minimum atomic E-state index is -0.235. The van der Waals surface area contributed by atoms with Gasteiger partial charge in [0.1, 0.15) is 18.5 Å². The molecule has 0 aromatic heterocycles. The van der Waals surface area contributed by atoms with Gasteiger partial charge in [-0.15, -0.1) is 0 Å². The van der Waals surface area contributed by atoms with Gasteiger partial charge >= 0.3 is 5.97 Å². The van der Waals surface area contributed by atoms with E-state index in [0.29, 0.717) is 34.7 Å². The first-order valence-corrected chi connectivity index (χ1v) is 17.7. The number of fused-ring (bicyclic) bond motifs is 5. The van der Waals surface area contributed by atoms with Crippen LogP contribution in [0.1, 0.15) is 104 Å². The molecule has 5 heteroatoms. The van der Waals surface area contributed by atoms with Crippen LogP contribution in [0.2, 0.25) is 0 Å². The highest BCUT2D eigenvalue weighted by molar-refractivity contribution is 5.87. The van der Waals surface area contributed by atoms with E-state index in [4.69, 9.17) is 20.9 Å². The zero-order chi connectivity index (χ0) is 31.9. The van der Waals surface area contributed by atoms with Crippen LogP contribution < -0.4 is 16.2 Å². The highest BCUT2D eigenvalue weighted by Gasteiger charge is 2.60. The Morgan fingerprint density at radius 2 is 1.58 bits per heavy atom. The molecular formula is C40H56N2O3. The Kier molecular flexibility index (Phi) is 9.02. The van der Waals surface area contributed by atoms with Gasteiger partial charge in [-0.2, -0.15) is 0 Å². The molecule has 0 spiro atoms. The molecule has 4 aliphatic rings. The number of nitrogen functional groups attached to an aromatic ring is 2. The van der Waals surface area contributed by atoms with Crippen molar-refractivity contribution in [3.05, 3.63) is 59.7 Å². The SMILES string of the molecule is CC(C)C(C)C1CCC2C3CCC4CC(OC(=O)/C=C/c5ccc(OCc6cc(N)cc(N)c6)cc5)CCC4(C)C3CCC12C. The predicted octanol–water partition coefficient (Wildman–Crippen LogP) is 9.31. The van der Waals surface area contributed by atoms with Gasteiger partial charge in [0.05, 0.1) is 0 Å². The van der Waals surface area contributed by atoms with Crippen LogP contribution in [0.15, 0.2) is 48.5 Å².